The smallest absolute Gasteiger partial charge is 0.00888 e. The molecular weight excluding hydrogens is 232 g/mol. The van der Waals surface area contributed by atoms with Gasteiger partial charge in [-0.15, -0.1) is 0 Å². The molecule has 0 bridgehead atoms. The van der Waals surface area contributed by atoms with Crippen LogP contribution in [-0.4, -0.2) is 31.1 Å². The molecule has 2 heteroatoms. The van der Waals surface area contributed by atoms with Crippen molar-refractivity contribution >= 4 is 0 Å². The van der Waals surface area contributed by atoms with Gasteiger partial charge in [0.1, 0.15) is 0 Å². The van der Waals surface area contributed by atoms with Crippen LogP contribution in [0.1, 0.15) is 56.1 Å². The Labute approximate surface area is 118 Å². The molecule has 0 amide bonds. The van der Waals surface area contributed by atoms with Crippen LogP contribution >= 0.6 is 0 Å². The number of hydrogen-bond acceptors (Lipinski definition) is 2. The van der Waals surface area contributed by atoms with E-state index in [2.05, 4.69) is 43.0 Å². The van der Waals surface area contributed by atoms with Gasteiger partial charge < -0.3 is 10.6 Å². The summed E-state index contributed by atoms with van der Waals surface area (Å²) in [5.74, 6) is 1.09. The topological polar surface area (TPSA) is 29.3 Å². The monoisotopic (exact) mass is 260 g/mol. The van der Waals surface area contributed by atoms with Gasteiger partial charge in [0.2, 0.25) is 0 Å². The van der Waals surface area contributed by atoms with Crippen molar-refractivity contribution in [2.24, 2.45) is 5.73 Å². The summed E-state index contributed by atoms with van der Waals surface area (Å²) in [4.78, 5) is 2.58. The normalized spacial score (nSPS) is 18.7. The maximum atomic E-state index is 5.99. The van der Waals surface area contributed by atoms with Gasteiger partial charge in [-0.1, -0.05) is 44.5 Å². The number of nitrogens with zero attached hydrogens (tertiary/aromatic N) is 1. The van der Waals surface area contributed by atoms with Crippen LogP contribution in [0.3, 0.4) is 0 Å². The number of rotatable bonds is 5. The Morgan fingerprint density at radius 2 is 1.58 bits per heavy atom. The third kappa shape index (κ3) is 4.05. The van der Waals surface area contributed by atoms with Gasteiger partial charge in [0.25, 0.3) is 0 Å². The Morgan fingerprint density at radius 3 is 2.11 bits per heavy atom. The second kappa shape index (κ2) is 7.06. The Kier molecular flexibility index (Phi) is 5.41. The summed E-state index contributed by atoms with van der Waals surface area (Å²) in [5.41, 5.74) is 8.81. The van der Waals surface area contributed by atoms with Gasteiger partial charge in [0, 0.05) is 19.0 Å². The first kappa shape index (κ1) is 14.5. The van der Waals surface area contributed by atoms with Crippen molar-refractivity contribution in [3.63, 3.8) is 0 Å². The zero-order chi connectivity index (χ0) is 13.7. The van der Waals surface area contributed by atoms with E-state index in [1.54, 1.807) is 0 Å². The SMILES string of the molecule is CC(C)c1ccc(C(CN)CN2CCCCC2)cc1. The van der Waals surface area contributed by atoms with E-state index in [1.165, 1.54) is 43.5 Å². The van der Waals surface area contributed by atoms with Crippen LogP contribution in [0.2, 0.25) is 0 Å². The fourth-order valence-electron chi connectivity index (χ4n) is 2.92. The van der Waals surface area contributed by atoms with E-state index < -0.39 is 0 Å². The quantitative estimate of drug-likeness (QED) is 0.880. The lowest BCUT2D eigenvalue weighted by Crippen LogP contribution is -2.35. The molecule has 2 nitrogen and oxygen atoms in total. The summed E-state index contributed by atoms with van der Waals surface area (Å²) in [6.07, 6.45) is 4.10. The molecule has 1 aromatic rings. The van der Waals surface area contributed by atoms with E-state index in [0.717, 1.165) is 13.1 Å². The minimum atomic E-state index is 0.485. The van der Waals surface area contributed by atoms with E-state index in [4.69, 9.17) is 5.73 Å². The predicted molar refractivity (Wildman–Crippen MR) is 82.6 cm³/mol. The van der Waals surface area contributed by atoms with E-state index in [-0.39, 0.29) is 0 Å². The Balaban J connectivity index is 1.99. The predicted octanol–water partition coefficient (Wildman–Crippen LogP) is 3.34. The van der Waals surface area contributed by atoms with Gasteiger partial charge in [-0.2, -0.15) is 0 Å². The third-order valence-electron chi connectivity index (χ3n) is 4.29. The van der Waals surface area contributed by atoms with Crippen molar-refractivity contribution in [3.05, 3.63) is 35.4 Å². The molecule has 19 heavy (non-hydrogen) atoms. The van der Waals surface area contributed by atoms with E-state index >= 15 is 0 Å². The maximum Gasteiger partial charge on any atom is 0.00888 e. The third-order valence-corrected chi connectivity index (χ3v) is 4.29. The molecule has 1 atom stereocenters. The molecule has 106 valence electrons. The van der Waals surface area contributed by atoms with Gasteiger partial charge in [-0.05, 0) is 43.0 Å². The molecule has 1 fully saturated rings. The molecule has 0 radical (unpaired) electrons. The average molecular weight is 260 g/mol. The average Bonchev–Trinajstić information content (AvgIpc) is 2.46. The summed E-state index contributed by atoms with van der Waals surface area (Å²) < 4.78 is 0. The molecule has 0 aliphatic carbocycles. The van der Waals surface area contributed by atoms with Crippen molar-refractivity contribution < 1.29 is 0 Å². The minimum absolute atomic E-state index is 0.485. The summed E-state index contributed by atoms with van der Waals surface area (Å²) >= 11 is 0. The number of likely N-dealkylation sites (tertiary alicyclic amines) is 1. The summed E-state index contributed by atoms with van der Waals surface area (Å²) in [7, 11) is 0. The Morgan fingerprint density at radius 1 is 1.00 bits per heavy atom. The van der Waals surface area contributed by atoms with Crippen LogP contribution < -0.4 is 5.73 Å². The maximum absolute atomic E-state index is 5.99. The van der Waals surface area contributed by atoms with Gasteiger partial charge in [-0.25, -0.2) is 0 Å². The molecule has 1 aliphatic heterocycles. The molecule has 1 aliphatic rings. The van der Waals surface area contributed by atoms with Crippen LogP contribution in [0.5, 0.6) is 0 Å². The second-order valence-corrected chi connectivity index (χ2v) is 6.12. The second-order valence-electron chi connectivity index (χ2n) is 6.12. The van der Waals surface area contributed by atoms with E-state index in [1.807, 2.05) is 0 Å². The molecule has 0 aromatic heterocycles. The number of hydrogen-bond donors (Lipinski definition) is 1. The van der Waals surface area contributed by atoms with Gasteiger partial charge >= 0.3 is 0 Å². The highest BCUT2D eigenvalue weighted by Crippen LogP contribution is 2.21. The summed E-state index contributed by atoms with van der Waals surface area (Å²) in [6, 6.07) is 9.07. The molecule has 1 saturated heterocycles. The zero-order valence-electron chi connectivity index (χ0n) is 12.4. The van der Waals surface area contributed by atoms with Crippen LogP contribution in [0, 0.1) is 0 Å². The first-order valence-electron chi connectivity index (χ1n) is 7.73. The van der Waals surface area contributed by atoms with Gasteiger partial charge in [0.15, 0.2) is 0 Å². The van der Waals surface area contributed by atoms with Gasteiger partial charge in [0.05, 0.1) is 0 Å². The highest BCUT2D eigenvalue weighted by Gasteiger charge is 2.17. The van der Waals surface area contributed by atoms with Crippen molar-refractivity contribution in [1.29, 1.82) is 0 Å². The van der Waals surface area contributed by atoms with Crippen molar-refractivity contribution in [1.82, 2.24) is 4.90 Å². The van der Waals surface area contributed by atoms with Crippen LogP contribution in [0.15, 0.2) is 24.3 Å². The number of nitrogens with two attached hydrogens (primary N) is 1. The van der Waals surface area contributed by atoms with Gasteiger partial charge in [-0.3, -0.25) is 0 Å². The van der Waals surface area contributed by atoms with Crippen molar-refractivity contribution in [2.75, 3.05) is 26.2 Å². The highest BCUT2D eigenvalue weighted by atomic mass is 15.1. The first-order valence-corrected chi connectivity index (χ1v) is 7.73. The number of benzene rings is 1. The molecular formula is C17H28N2. The molecule has 2 N–H and O–H groups in total. The lowest BCUT2D eigenvalue weighted by atomic mass is 9.94. The lowest BCUT2D eigenvalue weighted by molar-refractivity contribution is 0.216. The minimum Gasteiger partial charge on any atom is -0.330 e. The molecule has 0 saturated carbocycles. The fraction of sp³-hybridized carbons (Fsp3) is 0.647. The Hall–Kier alpha value is -0.860. The molecule has 1 unspecified atom stereocenters. The molecule has 1 aromatic carbocycles. The Bertz CT molecular complexity index is 363. The highest BCUT2D eigenvalue weighted by molar-refractivity contribution is 5.27. The van der Waals surface area contributed by atoms with E-state index in [9.17, 15) is 0 Å². The molecule has 2 rings (SSSR count). The lowest BCUT2D eigenvalue weighted by Gasteiger charge is -2.30. The first-order chi connectivity index (χ1) is 9.20. The molecule has 0 spiro atoms. The van der Waals surface area contributed by atoms with Crippen LogP contribution in [0.25, 0.3) is 0 Å². The molecule has 1 heterocycles. The summed E-state index contributed by atoms with van der Waals surface area (Å²) in [5, 5.41) is 0. The zero-order valence-corrected chi connectivity index (χ0v) is 12.4. The fourth-order valence-corrected chi connectivity index (χ4v) is 2.92. The van der Waals surface area contributed by atoms with Crippen LogP contribution in [0.4, 0.5) is 0 Å². The van der Waals surface area contributed by atoms with Crippen molar-refractivity contribution in [3.8, 4) is 0 Å². The summed E-state index contributed by atoms with van der Waals surface area (Å²) in [6.45, 7) is 8.85. The van der Waals surface area contributed by atoms with Crippen molar-refractivity contribution in [2.45, 2.75) is 44.9 Å². The van der Waals surface area contributed by atoms with Crippen LogP contribution in [-0.2, 0) is 0 Å². The standard InChI is InChI=1S/C17H28N2/c1-14(2)15-6-8-16(9-7-15)17(12-18)13-19-10-4-3-5-11-19/h6-9,14,17H,3-5,10-13,18H2,1-2H3. The number of piperidine rings is 1. The van der Waals surface area contributed by atoms with E-state index in [0.29, 0.717) is 11.8 Å². The largest absolute Gasteiger partial charge is 0.330 e.